The van der Waals surface area contributed by atoms with Crippen molar-refractivity contribution < 1.29 is 13.9 Å². The van der Waals surface area contributed by atoms with Crippen LogP contribution in [0.3, 0.4) is 0 Å². The van der Waals surface area contributed by atoms with Crippen molar-refractivity contribution in [2.45, 2.75) is 26.7 Å². The highest BCUT2D eigenvalue weighted by molar-refractivity contribution is 5.76. The van der Waals surface area contributed by atoms with Crippen molar-refractivity contribution in [1.82, 2.24) is 15.0 Å². The fourth-order valence-corrected chi connectivity index (χ4v) is 3.40. The van der Waals surface area contributed by atoms with Gasteiger partial charge in [-0.15, -0.1) is 0 Å². The third kappa shape index (κ3) is 3.49. The molecule has 1 atom stereocenters. The monoisotopic (exact) mass is 366 g/mol. The van der Waals surface area contributed by atoms with E-state index >= 15 is 0 Å². The van der Waals surface area contributed by atoms with E-state index in [9.17, 15) is 4.79 Å². The van der Waals surface area contributed by atoms with Gasteiger partial charge in [0.2, 0.25) is 11.8 Å². The van der Waals surface area contributed by atoms with Gasteiger partial charge in [-0.3, -0.25) is 4.79 Å². The molecule has 3 aromatic rings. The van der Waals surface area contributed by atoms with Crippen LogP contribution in [0.5, 0.6) is 0 Å². The second kappa shape index (κ2) is 7.34. The van der Waals surface area contributed by atoms with E-state index in [1.807, 2.05) is 49.1 Å². The Morgan fingerprint density at radius 1 is 1.26 bits per heavy atom. The standard InChI is InChI=1S/C20H22N4O3/c1-3-26-19(25)15-10-7-11-24(12-15)20-21-13(2)16-18(23-20)27-17(22-16)14-8-5-4-6-9-14/h4-6,8-9,15H,3,7,10-12H2,1-2H3. The number of rotatable bonds is 4. The summed E-state index contributed by atoms with van der Waals surface area (Å²) in [6.07, 6.45) is 1.73. The Balaban J connectivity index is 1.63. The molecule has 1 fully saturated rings. The zero-order chi connectivity index (χ0) is 18.8. The van der Waals surface area contributed by atoms with Gasteiger partial charge in [-0.25, -0.2) is 9.97 Å². The Morgan fingerprint density at radius 3 is 2.85 bits per heavy atom. The Labute approximate surface area is 157 Å². The molecule has 2 aromatic heterocycles. The maximum atomic E-state index is 12.1. The van der Waals surface area contributed by atoms with Crippen molar-refractivity contribution in [3.05, 3.63) is 36.0 Å². The van der Waals surface area contributed by atoms with E-state index in [2.05, 4.69) is 15.0 Å². The van der Waals surface area contributed by atoms with Gasteiger partial charge in [0.15, 0.2) is 5.52 Å². The zero-order valence-electron chi connectivity index (χ0n) is 15.5. The van der Waals surface area contributed by atoms with E-state index < -0.39 is 0 Å². The third-order valence-electron chi connectivity index (χ3n) is 4.77. The lowest BCUT2D eigenvalue weighted by atomic mass is 9.98. The quantitative estimate of drug-likeness (QED) is 0.655. The highest BCUT2D eigenvalue weighted by Crippen LogP contribution is 2.27. The smallest absolute Gasteiger partial charge is 0.310 e. The third-order valence-corrected chi connectivity index (χ3v) is 4.77. The van der Waals surface area contributed by atoms with Crippen LogP contribution in [-0.4, -0.2) is 40.6 Å². The number of oxazole rings is 1. The molecular formula is C20H22N4O3. The molecule has 0 bridgehead atoms. The molecule has 3 heterocycles. The van der Waals surface area contributed by atoms with E-state index in [0.717, 1.165) is 30.6 Å². The number of hydrogen-bond acceptors (Lipinski definition) is 7. The number of nitrogens with zero attached hydrogens (tertiary/aromatic N) is 4. The molecule has 4 rings (SSSR count). The number of anilines is 1. The highest BCUT2D eigenvalue weighted by Gasteiger charge is 2.29. The van der Waals surface area contributed by atoms with E-state index in [1.165, 1.54) is 0 Å². The molecule has 0 amide bonds. The SMILES string of the molecule is CCOC(=O)C1CCCN(c2nc(C)c3nc(-c4ccccc4)oc3n2)C1. The number of fused-ring (bicyclic) bond motifs is 1. The van der Waals surface area contributed by atoms with Gasteiger partial charge in [0, 0.05) is 18.7 Å². The second-order valence-corrected chi connectivity index (χ2v) is 6.69. The maximum absolute atomic E-state index is 12.1. The van der Waals surface area contributed by atoms with E-state index in [1.54, 1.807) is 0 Å². The Morgan fingerprint density at radius 2 is 2.07 bits per heavy atom. The van der Waals surface area contributed by atoms with Crippen molar-refractivity contribution in [2.24, 2.45) is 5.92 Å². The molecule has 1 aliphatic rings. The molecule has 7 nitrogen and oxygen atoms in total. The minimum Gasteiger partial charge on any atom is -0.466 e. The fourth-order valence-electron chi connectivity index (χ4n) is 3.40. The molecule has 1 unspecified atom stereocenters. The predicted molar refractivity (Wildman–Crippen MR) is 101 cm³/mol. The fraction of sp³-hybridized carbons (Fsp3) is 0.400. The van der Waals surface area contributed by atoms with Crippen LogP contribution in [0.4, 0.5) is 5.95 Å². The lowest BCUT2D eigenvalue weighted by Gasteiger charge is -2.31. The molecule has 0 aliphatic carbocycles. The lowest BCUT2D eigenvalue weighted by molar-refractivity contribution is -0.148. The molecule has 1 saturated heterocycles. The van der Waals surface area contributed by atoms with Gasteiger partial charge < -0.3 is 14.1 Å². The van der Waals surface area contributed by atoms with Crippen LogP contribution in [0.1, 0.15) is 25.5 Å². The normalized spacial score (nSPS) is 17.3. The number of ether oxygens (including phenoxy) is 1. The Hall–Kier alpha value is -2.96. The number of aromatic nitrogens is 3. The van der Waals surface area contributed by atoms with Crippen molar-refractivity contribution in [1.29, 1.82) is 0 Å². The first kappa shape index (κ1) is 17.5. The first-order valence-electron chi connectivity index (χ1n) is 9.28. The van der Waals surface area contributed by atoms with E-state index in [-0.39, 0.29) is 11.9 Å². The van der Waals surface area contributed by atoms with Gasteiger partial charge in [-0.05, 0) is 38.8 Å². The van der Waals surface area contributed by atoms with E-state index in [4.69, 9.17) is 9.15 Å². The maximum Gasteiger partial charge on any atom is 0.310 e. The number of hydrogen-bond donors (Lipinski definition) is 0. The first-order valence-corrected chi connectivity index (χ1v) is 9.28. The molecule has 1 aromatic carbocycles. The number of carbonyl (C=O) groups is 1. The summed E-state index contributed by atoms with van der Waals surface area (Å²) in [7, 11) is 0. The van der Waals surface area contributed by atoms with Gasteiger partial charge >= 0.3 is 5.97 Å². The summed E-state index contributed by atoms with van der Waals surface area (Å²) in [5.41, 5.74) is 2.79. The van der Waals surface area contributed by atoms with Crippen LogP contribution in [0.2, 0.25) is 0 Å². The highest BCUT2D eigenvalue weighted by atomic mass is 16.5. The average Bonchev–Trinajstić information content (AvgIpc) is 3.14. The predicted octanol–water partition coefficient (Wildman–Crippen LogP) is 3.37. The van der Waals surface area contributed by atoms with Gasteiger partial charge in [0.1, 0.15) is 0 Å². The number of aryl methyl sites for hydroxylation is 1. The number of esters is 1. The minimum atomic E-state index is -0.147. The molecule has 0 spiro atoms. The summed E-state index contributed by atoms with van der Waals surface area (Å²) in [6.45, 7) is 5.49. The first-order chi connectivity index (χ1) is 13.2. The second-order valence-electron chi connectivity index (χ2n) is 6.69. The molecule has 1 aliphatic heterocycles. The summed E-state index contributed by atoms with van der Waals surface area (Å²) in [6, 6.07) is 9.73. The molecule has 7 heteroatoms. The molecule has 27 heavy (non-hydrogen) atoms. The van der Waals surface area contributed by atoms with Crippen molar-refractivity contribution >= 4 is 23.1 Å². The summed E-state index contributed by atoms with van der Waals surface area (Å²) in [4.78, 5) is 27.9. The Bertz CT molecular complexity index is 955. The molecular weight excluding hydrogens is 344 g/mol. The molecule has 0 N–H and O–H groups in total. The largest absolute Gasteiger partial charge is 0.466 e. The summed E-state index contributed by atoms with van der Waals surface area (Å²) < 4.78 is 11.1. The molecule has 0 saturated carbocycles. The summed E-state index contributed by atoms with van der Waals surface area (Å²) in [5.74, 6) is 0.812. The van der Waals surface area contributed by atoms with Crippen LogP contribution in [0.15, 0.2) is 34.7 Å². The van der Waals surface area contributed by atoms with Gasteiger partial charge in [0.25, 0.3) is 5.71 Å². The van der Waals surface area contributed by atoms with Crippen molar-refractivity contribution in [3.63, 3.8) is 0 Å². The topological polar surface area (TPSA) is 81.4 Å². The van der Waals surface area contributed by atoms with Gasteiger partial charge in [-0.1, -0.05) is 18.2 Å². The van der Waals surface area contributed by atoms with Crippen molar-refractivity contribution in [2.75, 3.05) is 24.6 Å². The van der Waals surface area contributed by atoms with Crippen LogP contribution in [0.25, 0.3) is 22.7 Å². The van der Waals surface area contributed by atoms with Crippen LogP contribution in [-0.2, 0) is 9.53 Å². The van der Waals surface area contributed by atoms with E-state index in [0.29, 0.717) is 36.2 Å². The Kier molecular flexibility index (Phi) is 4.75. The number of carbonyl (C=O) groups excluding carboxylic acids is 1. The number of benzene rings is 1. The molecule has 140 valence electrons. The summed E-state index contributed by atoms with van der Waals surface area (Å²) in [5, 5.41) is 0. The van der Waals surface area contributed by atoms with Gasteiger partial charge in [0.05, 0.1) is 18.2 Å². The van der Waals surface area contributed by atoms with Crippen LogP contribution >= 0.6 is 0 Å². The van der Waals surface area contributed by atoms with Gasteiger partial charge in [-0.2, -0.15) is 4.98 Å². The minimum absolute atomic E-state index is 0.145. The van der Waals surface area contributed by atoms with Crippen LogP contribution in [0, 0.1) is 12.8 Å². The van der Waals surface area contributed by atoms with Crippen LogP contribution < -0.4 is 4.90 Å². The number of piperidine rings is 1. The lowest BCUT2D eigenvalue weighted by Crippen LogP contribution is -2.40. The summed E-state index contributed by atoms with van der Waals surface area (Å²) >= 11 is 0. The zero-order valence-corrected chi connectivity index (χ0v) is 15.5. The van der Waals surface area contributed by atoms with Crippen molar-refractivity contribution in [3.8, 4) is 11.5 Å². The average molecular weight is 366 g/mol. The molecule has 0 radical (unpaired) electrons.